The van der Waals surface area contributed by atoms with Gasteiger partial charge in [0.15, 0.2) is 6.29 Å². The predicted molar refractivity (Wildman–Crippen MR) is 59.4 cm³/mol. The lowest BCUT2D eigenvalue weighted by atomic mass is 9.83. The van der Waals surface area contributed by atoms with Gasteiger partial charge in [-0.15, -0.1) is 0 Å². The second kappa shape index (κ2) is 6.46. The van der Waals surface area contributed by atoms with E-state index in [1.165, 1.54) is 25.7 Å². The van der Waals surface area contributed by atoms with Gasteiger partial charge < -0.3 is 14.9 Å². The van der Waals surface area contributed by atoms with Crippen LogP contribution in [-0.2, 0) is 4.74 Å². The van der Waals surface area contributed by atoms with Crippen molar-refractivity contribution in [1.82, 2.24) is 0 Å². The first-order valence-corrected chi connectivity index (χ1v) is 6.05. The molecule has 0 aromatic heterocycles. The molecular formula is C12H24O3. The Kier molecular flexibility index (Phi) is 5.58. The molecule has 15 heavy (non-hydrogen) atoms. The summed E-state index contributed by atoms with van der Waals surface area (Å²) in [6.07, 6.45) is 4.04. The lowest BCUT2D eigenvalue weighted by Gasteiger charge is -2.27. The van der Waals surface area contributed by atoms with Gasteiger partial charge in [0.25, 0.3) is 0 Å². The molecule has 0 spiro atoms. The maximum absolute atomic E-state index is 9.43. The van der Waals surface area contributed by atoms with Gasteiger partial charge >= 0.3 is 0 Å². The molecule has 2 N–H and O–H groups in total. The van der Waals surface area contributed by atoms with Crippen molar-refractivity contribution < 1.29 is 14.9 Å². The Morgan fingerprint density at radius 1 is 1.33 bits per heavy atom. The van der Waals surface area contributed by atoms with Crippen molar-refractivity contribution in [3.05, 3.63) is 0 Å². The second-order valence-corrected chi connectivity index (χ2v) is 5.01. The predicted octanol–water partition coefficient (Wildman–Crippen LogP) is 1.92. The third kappa shape index (κ3) is 5.50. The van der Waals surface area contributed by atoms with Crippen molar-refractivity contribution in [3.63, 3.8) is 0 Å². The monoisotopic (exact) mass is 216 g/mol. The molecule has 0 bridgehead atoms. The van der Waals surface area contributed by atoms with Crippen LogP contribution in [0.5, 0.6) is 0 Å². The third-order valence-electron chi connectivity index (χ3n) is 3.11. The van der Waals surface area contributed by atoms with Crippen LogP contribution in [-0.4, -0.2) is 29.2 Å². The van der Waals surface area contributed by atoms with Crippen molar-refractivity contribution in [3.8, 4) is 0 Å². The largest absolute Gasteiger partial charge is 0.393 e. The van der Waals surface area contributed by atoms with Gasteiger partial charge in [-0.2, -0.15) is 0 Å². The van der Waals surface area contributed by atoms with Gasteiger partial charge in [-0.05, 0) is 31.6 Å². The molecule has 4 atom stereocenters. The molecule has 1 saturated carbocycles. The van der Waals surface area contributed by atoms with Crippen LogP contribution >= 0.6 is 0 Å². The topological polar surface area (TPSA) is 49.7 Å². The molecule has 0 aliphatic heterocycles. The van der Waals surface area contributed by atoms with Crippen molar-refractivity contribution in [2.75, 3.05) is 6.61 Å². The molecule has 0 saturated heterocycles. The fourth-order valence-corrected chi connectivity index (χ4v) is 2.32. The highest BCUT2D eigenvalue weighted by molar-refractivity contribution is 4.70. The first-order chi connectivity index (χ1) is 7.08. The SMILES string of the molecule is CC(O)CC(O)OCC1CCCC(C)C1. The number of rotatable bonds is 5. The van der Waals surface area contributed by atoms with Crippen LogP contribution in [0, 0.1) is 11.8 Å². The van der Waals surface area contributed by atoms with Crippen LogP contribution in [0.2, 0.25) is 0 Å². The van der Waals surface area contributed by atoms with E-state index in [-0.39, 0.29) is 0 Å². The fourth-order valence-electron chi connectivity index (χ4n) is 2.32. The average Bonchev–Trinajstić information content (AvgIpc) is 2.14. The molecule has 1 rings (SSSR count). The van der Waals surface area contributed by atoms with E-state index in [2.05, 4.69) is 6.92 Å². The van der Waals surface area contributed by atoms with Gasteiger partial charge in [0.05, 0.1) is 12.7 Å². The van der Waals surface area contributed by atoms with E-state index in [0.29, 0.717) is 18.9 Å². The van der Waals surface area contributed by atoms with Crippen molar-refractivity contribution in [2.45, 2.75) is 58.3 Å². The van der Waals surface area contributed by atoms with Gasteiger partial charge in [-0.3, -0.25) is 0 Å². The van der Waals surface area contributed by atoms with Crippen LogP contribution in [0.15, 0.2) is 0 Å². The average molecular weight is 216 g/mol. The molecule has 4 unspecified atom stereocenters. The molecule has 1 fully saturated rings. The van der Waals surface area contributed by atoms with E-state index in [0.717, 1.165) is 5.92 Å². The fraction of sp³-hybridized carbons (Fsp3) is 1.00. The summed E-state index contributed by atoms with van der Waals surface area (Å²) in [5.74, 6) is 1.39. The van der Waals surface area contributed by atoms with Crippen molar-refractivity contribution in [2.24, 2.45) is 11.8 Å². The molecule has 0 heterocycles. The van der Waals surface area contributed by atoms with E-state index in [1.807, 2.05) is 0 Å². The lowest BCUT2D eigenvalue weighted by molar-refractivity contribution is -0.129. The van der Waals surface area contributed by atoms with Gasteiger partial charge in [-0.25, -0.2) is 0 Å². The Bertz CT molecular complexity index is 170. The number of aliphatic hydroxyl groups excluding tert-OH is 2. The number of ether oxygens (including phenoxy) is 1. The number of hydrogen-bond donors (Lipinski definition) is 2. The van der Waals surface area contributed by atoms with Crippen LogP contribution in [0.25, 0.3) is 0 Å². The smallest absolute Gasteiger partial charge is 0.156 e. The Morgan fingerprint density at radius 3 is 2.67 bits per heavy atom. The Hall–Kier alpha value is -0.120. The second-order valence-electron chi connectivity index (χ2n) is 5.01. The molecular weight excluding hydrogens is 192 g/mol. The molecule has 0 aromatic carbocycles. The van der Waals surface area contributed by atoms with Crippen LogP contribution < -0.4 is 0 Å². The van der Waals surface area contributed by atoms with E-state index in [9.17, 15) is 5.11 Å². The Morgan fingerprint density at radius 2 is 2.07 bits per heavy atom. The van der Waals surface area contributed by atoms with Crippen LogP contribution in [0.4, 0.5) is 0 Å². The summed E-state index contributed by atoms with van der Waals surface area (Å²) < 4.78 is 5.34. The standard InChI is InChI=1S/C12H24O3/c1-9-4-3-5-11(6-9)8-15-12(14)7-10(2)13/h9-14H,3-8H2,1-2H3. The zero-order valence-corrected chi connectivity index (χ0v) is 9.85. The van der Waals surface area contributed by atoms with Crippen molar-refractivity contribution in [1.29, 1.82) is 0 Å². The molecule has 90 valence electrons. The quantitative estimate of drug-likeness (QED) is 0.690. The first-order valence-electron chi connectivity index (χ1n) is 6.05. The summed E-state index contributed by atoms with van der Waals surface area (Å²) in [4.78, 5) is 0. The number of aliphatic hydroxyl groups is 2. The highest BCUT2D eigenvalue weighted by Gasteiger charge is 2.20. The highest BCUT2D eigenvalue weighted by Crippen LogP contribution is 2.28. The van der Waals surface area contributed by atoms with Crippen LogP contribution in [0.1, 0.15) is 46.0 Å². The summed E-state index contributed by atoms with van der Waals surface area (Å²) >= 11 is 0. The highest BCUT2D eigenvalue weighted by atomic mass is 16.6. The maximum atomic E-state index is 9.43. The summed E-state index contributed by atoms with van der Waals surface area (Å²) in [5, 5.41) is 18.5. The zero-order valence-electron chi connectivity index (χ0n) is 9.85. The minimum atomic E-state index is -0.803. The lowest BCUT2D eigenvalue weighted by Crippen LogP contribution is -2.24. The van der Waals surface area contributed by atoms with Crippen molar-refractivity contribution >= 4 is 0 Å². The summed E-state index contributed by atoms with van der Waals surface area (Å²) in [5.41, 5.74) is 0. The van der Waals surface area contributed by atoms with Gasteiger partial charge in [0.1, 0.15) is 0 Å². The van der Waals surface area contributed by atoms with E-state index >= 15 is 0 Å². The van der Waals surface area contributed by atoms with Gasteiger partial charge in [-0.1, -0.05) is 19.8 Å². The number of hydrogen-bond acceptors (Lipinski definition) is 3. The molecule has 1 aliphatic rings. The Labute approximate surface area is 92.4 Å². The minimum Gasteiger partial charge on any atom is -0.393 e. The zero-order chi connectivity index (χ0) is 11.3. The summed E-state index contributed by atoms with van der Waals surface area (Å²) in [6.45, 7) is 4.58. The van der Waals surface area contributed by atoms with Gasteiger partial charge in [0.2, 0.25) is 0 Å². The maximum Gasteiger partial charge on any atom is 0.156 e. The first kappa shape index (κ1) is 12.9. The molecule has 3 heteroatoms. The normalized spacial score (nSPS) is 31.2. The molecule has 0 aromatic rings. The van der Waals surface area contributed by atoms with Gasteiger partial charge in [0, 0.05) is 6.42 Å². The molecule has 0 radical (unpaired) electrons. The summed E-state index contributed by atoms with van der Waals surface area (Å²) in [6, 6.07) is 0. The molecule has 1 aliphatic carbocycles. The third-order valence-corrected chi connectivity index (χ3v) is 3.11. The minimum absolute atomic E-state index is 0.308. The van der Waals surface area contributed by atoms with E-state index in [4.69, 9.17) is 9.84 Å². The Balaban J connectivity index is 2.13. The molecule has 3 nitrogen and oxygen atoms in total. The van der Waals surface area contributed by atoms with E-state index < -0.39 is 12.4 Å². The summed E-state index contributed by atoms with van der Waals surface area (Å²) in [7, 11) is 0. The van der Waals surface area contributed by atoms with Crippen LogP contribution in [0.3, 0.4) is 0 Å². The molecule has 0 amide bonds. The van der Waals surface area contributed by atoms with E-state index in [1.54, 1.807) is 6.92 Å².